The largest absolute Gasteiger partial charge is 0.389 e. The molecule has 0 amide bonds. The average Bonchev–Trinajstić information content (AvgIpc) is 1.97. The van der Waals surface area contributed by atoms with Gasteiger partial charge in [0.25, 0.3) is 0 Å². The molecule has 4 heteroatoms. The van der Waals surface area contributed by atoms with Crippen LogP contribution in [0.15, 0.2) is 0 Å². The molecular formula is C9H19NO3. The number of hydrogen-bond acceptors (Lipinski definition) is 4. The fourth-order valence-corrected chi connectivity index (χ4v) is 1.55. The van der Waals surface area contributed by atoms with Crippen molar-refractivity contribution in [1.82, 2.24) is 4.90 Å². The first-order valence-corrected chi connectivity index (χ1v) is 4.61. The molecule has 0 aromatic heterocycles. The van der Waals surface area contributed by atoms with Crippen molar-refractivity contribution in [1.29, 1.82) is 0 Å². The standard InChI is InChI=1S/C9H19NO3/c1-9(2,3)10-4-6(11)8(13)7(12)5-10/h6-8,11-13H,4-5H2,1-3H3/t6-,7+,8?. The number of rotatable bonds is 0. The summed E-state index contributed by atoms with van der Waals surface area (Å²) in [6.45, 7) is 6.89. The van der Waals surface area contributed by atoms with Gasteiger partial charge in [-0.1, -0.05) is 0 Å². The lowest BCUT2D eigenvalue weighted by Crippen LogP contribution is -2.60. The third kappa shape index (κ3) is 2.40. The Bertz CT molecular complexity index is 166. The van der Waals surface area contributed by atoms with E-state index in [2.05, 4.69) is 0 Å². The fourth-order valence-electron chi connectivity index (χ4n) is 1.55. The Hall–Kier alpha value is -0.160. The second-order valence-corrected chi connectivity index (χ2v) is 4.70. The van der Waals surface area contributed by atoms with Gasteiger partial charge in [0, 0.05) is 18.6 Å². The molecule has 3 N–H and O–H groups in total. The molecule has 13 heavy (non-hydrogen) atoms. The lowest BCUT2D eigenvalue weighted by molar-refractivity contribution is -0.126. The first kappa shape index (κ1) is 10.9. The smallest absolute Gasteiger partial charge is 0.108 e. The summed E-state index contributed by atoms with van der Waals surface area (Å²) in [6.07, 6.45) is -2.69. The van der Waals surface area contributed by atoms with E-state index in [0.717, 1.165) is 0 Å². The molecule has 1 rings (SSSR count). The molecule has 1 heterocycles. The minimum Gasteiger partial charge on any atom is -0.389 e. The Kier molecular flexibility index (Phi) is 2.97. The van der Waals surface area contributed by atoms with Crippen LogP contribution in [0.4, 0.5) is 0 Å². The van der Waals surface area contributed by atoms with Crippen molar-refractivity contribution in [3.8, 4) is 0 Å². The molecule has 0 aromatic carbocycles. The average molecular weight is 189 g/mol. The molecule has 1 aliphatic rings. The Labute approximate surface area is 78.8 Å². The predicted molar refractivity (Wildman–Crippen MR) is 49.3 cm³/mol. The van der Waals surface area contributed by atoms with E-state index >= 15 is 0 Å². The molecule has 78 valence electrons. The van der Waals surface area contributed by atoms with E-state index in [1.165, 1.54) is 0 Å². The van der Waals surface area contributed by atoms with E-state index in [0.29, 0.717) is 13.1 Å². The summed E-state index contributed by atoms with van der Waals surface area (Å²) in [4.78, 5) is 1.97. The van der Waals surface area contributed by atoms with Gasteiger partial charge in [0.1, 0.15) is 6.10 Å². The van der Waals surface area contributed by atoms with Gasteiger partial charge in [-0.2, -0.15) is 0 Å². The SMILES string of the molecule is CC(C)(C)N1C[C@@H](O)C(O)[C@@H](O)C1. The summed E-state index contributed by atoms with van der Waals surface area (Å²) in [6, 6.07) is 0. The maximum Gasteiger partial charge on any atom is 0.108 e. The molecular weight excluding hydrogens is 170 g/mol. The minimum atomic E-state index is -1.00. The van der Waals surface area contributed by atoms with Crippen LogP contribution in [-0.2, 0) is 0 Å². The number of aliphatic hydroxyl groups excluding tert-OH is 3. The van der Waals surface area contributed by atoms with Crippen molar-refractivity contribution >= 4 is 0 Å². The number of nitrogens with zero attached hydrogens (tertiary/aromatic N) is 1. The molecule has 3 atom stereocenters. The highest BCUT2D eigenvalue weighted by Gasteiger charge is 2.37. The van der Waals surface area contributed by atoms with Crippen molar-refractivity contribution in [3.63, 3.8) is 0 Å². The second-order valence-electron chi connectivity index (χ2n) is 4.70. The van der Waals surface area contributed by atoms with Gasteiger partial charge in [-0.05, 0) is 20.8 Å². The summed E-state index contributed by atoms with van der Waals surface area (Å²) in [7, 11) is 0. The summed E-state index contributed by atoms with van der Waals surface area (Å²) in [5, 5.41) is 28.2. The molecule has 4 nitrogen and oxygen atoms in total. The van der Waals surface area contributed by atoms with Crippen molar-refractivity contribution in [2.75, 3.05) is 13.1 Å². The van der Waals surface area contributed by atoms with Crippen LogP contribution < -0.4 is 0 Å². The first-order valence-electron chi connectivity index (χ1n) is 4.61. The van der Waals surface area contributed by atoms with Gasteiger partial charge in [-0.3, -0.25) is 4.90 Å². The van der Waals surface area contributed by atoms with Crippen LogP contribution in [0, 0.1) is 0 Å². The third-order valence-corrected chi connectivity index (χ3v) is 2.55. The summed E-state index contributed by atoms with van der Waals surface area (Å²) in [5.41, 5.74) is -0.0812. The van der Waals surface area contributed by atoms with Crippen LogP contribution >= 0.6 is 0 Å². The van der Waals surface area contributed by atoms with E-state index in [4.69, 9.17) is 0 Å². The molecule has 0 radical (unpaired) electrons. The minimum absolute atomic E-state index is 0.0812. The van der Waals surface area contributed by atoms with Gasteiger partial charge in [-0.15, -0.1) is 0 Å². The third-order valence-electron chi connectivity index (χ3n) is 2.55. The number of aliphatic hydroxyl groups is 3. The topological polar surface area (TPSA) is 63.9 Å². The summed E-state index contributed by atoms with van der Waals surface area (Å²) < 4.78 is 0. The summed E-state index contributed by atoms with van der Waals surface area (Å²) >= 11 is 0. The monoisotopic (exact) mass is 189 g/mol. The van der Waals surface area contributed by atoms with Crippen molar-refractivity contribution in [2.24, 2.45) is 0 Å². The molecule has 0 aromatic rings. The molecule has 1 fully saturated rings. The van der Waals surface area contributed by atoms with E-state index in [1.807, 2.05) is 25.7 Å². The highest BCUT2D eigenvalue weighted by Crippen LogP contribution is 2.20. The molecule has 0 spiro atoms. The van der Waals surface area contributed by atoms with Gasteiger partial charge in [-0.25, -0.2) is 0 Å². The van der Waals surface area contributed by atoms with E-state index in [-0.39, 0.29) is 5.54 Å². The number of β-amino-alcohol motifs (C(OH)–C–C–N with tert-alkyl or cyclic N) is 2. The lowest BCUT2D eigenvalue weighted by atomic mass is 9.96. The molecule has 1 aliphatic heterocycles. The van der Waals surface area contributed by atoms with Crippen LogP contribution in [0.3, 0.4) is 0 Å². The van der Waals surface area contributed by atoms with Crippen molar-refractivity contribution in [2.45, 2.75) is 44.6 Å². The van der Waals surface area contributed by atoms with Gasteiger partial charge in [0.05, 0.1) is 12.2 Å². The van der Waals surface area contributed by atoms with Crippen molar-refractivity contribution < 1.29 is 15.3 Å². The van der Waals surface area contributed by atoms with Crippen molar-refractivity contribution in [3.05, 3.63) is 0 Å². The normalized spacial score (nSPS) is 37.8. The van der Waals surface area contributed by atoms with Crippen LogP contribution in [0.1, 0.15) is 20.8 Å². The first-order chi connectivity index (χ1) is 5.82. The number of hydrogen-bond donors (Lipinski definition) is 3. The lowest BCUT2D eigenvalue weighted by Gasteiger charge is -2.44. The summed E-state index contributed by atoms with van der Waals surface area (Å²) in [5.74, 6) is 0. The molecule has 0 aliphatic carbocycles. The van der Waals surface area contributed by atoms with E-state index in [9.17, 15) is 15.3 Å². The Morgan fingerprint density at radius 1 is 1.00 bits per heavy atom. The van der Waals surface area contributed by atoms with E-state index < -0.39 is 18.3 Å². The zero-order valence-corrected chi connectivity index (χ0v) is 8.44. The van der Waals surface area contributed by atoms with E-state index in [1.54, 1.807) is 0 Å². The predicted octanol–water partition coefficient (Wildman–Crippen LogP) is -0.817. The Morgan fingerprint density at radius 3 is 1.69 bits per heavy atom. The zero-order valence-electron chi connectivity index (χ0n) is 8.44. The molecule has 0 bridgehead atoms. The molecule has 1 unspecified atom stereocenters. The van der Waals surface area contributed by atoms with Crippen LogP contribution in [0.2, 0.25) is 0 Å². The zero-order chi connectivity index (χ0) is 10.2. The maximum atomic E-state index is 9.43. The highest BCUT2D eigenvalue weighted by atomic mass is 16.4. The van der Waals surface area contributed by atoms with Gasteiger partial charge < -0.3 is 15.3 Å². The number of piperidine rings is 1. The Morgan fingerprint density at radius 2 is 1.38 bits per heavy atom. The van der Waals surface area contributed by atoms with Crippen LogP contribution in [0.5, 0.6) is 0 Å². The Balaban J connectivity index is 2.64. The van der Waals surface area contributed by atoms with Gasteiger partial charge in [0.2, 0.25) is 0 Å². The van der Waals surface area contributed by atoms with Crippen LogP contribution in [0.25, 0.3) is 0 Å². The fraction of sp³-hybridized carbons (Fsp3) is 1.00. The number of likely N-dealkylation sites (tertiary alicyclic amines) is 1. The quantitative estimate of drug-likeness (QED) is 0.466. The van der Waals surface area contributed by atoms with Gasteiger partial charge in [0.15, 0.2) is 0 Å². The van der Waals surface area contributed by atoms with Crippen LogP contribution in [-0.4, -0.2) is 57.2 Å². The van der Waals surface area contributed by atoms with Gasteiger partial charge >= 0.3 is 0 Å². The highest BCUT2D eigenvalue weighted by molar-refractivity contribution is 4.91. The maximum absolute atomic E-state index is 9.43. The second kappa shape index (κ2) is 3.53. The molecule has 0 saturated carbocycles. The molecule has 1 saturated heterocycles.